The monoisotopic (exact) mass is 332 g/mol. The van der Waals surface area contributed by atoms with Gasteiger partial charge in [-0.3, -0.25) is 0 Å². The standard InChI is InChI=1S/C10H13IN4O/c1-10(2,3)8-13-7-6(11)5-12-9(16-4)15(7)14-8/h5H,1-4H3. The molecule has 0 aliphatic heterocycles. The lowest BCUT2D eigenvalue weighted by molar-refractivity contribution is 0.365. The van der Waals surface area contributed by atoms with Crippen molar-refractivity contribution in [2.75, 3.05) is 7.11 Å². The van der Waals surface area contributed by atoms with Crippen LogP contribution in [0.2, 0.25) is 0 Å². The minimum Gasteiger partial charge on any atom is -0.467 e. The first-order valence-electron chi connectivity index (χ1n) is 4.89. The van der Waals surface area contributed by atoms with Crippen LogP contribution in [0.5, 0.6) is 6.01 Å². The van der Waals surface area contributed by atoms with E-state index in [9.17, 15) is 0 Å². The zero-order chi connectivity index (χ0) is 11.9. The van der Waals surface area contributed by atoms with E-state index in [-0.39, 0.29) is 5.41 Å². The van der Waals surface area contributed by atoms with Crippen molar-refractivity contribution in [3.05, 3.63) is 15.6 Å². The predicted octanol–water partition coefficient (Wildman–Crippen LogP) is 2.03. The Hall–Kier alpha value is -0.920. The minimum absolute atomic E-state index is 0.0832. The number of nitrogens with zero attached hydrogens (tertiary/aromatic N) is 4. The molecule has 0 fully saturated rings. The number of hydrogen-bond acceptors (Lipinski definition) is 4. The molecule has 0 unspecified atom stereocenters. The van der Waals surface area contributed by atoms with E-state index in [2.05, 4.69) is 58.4 Å². The first-order chi connectivity index (χ1) is 7.43. The van der Waals surface area contributed by atoms with Crippen molar-refractivity contribution < 1.29 is 4.74 Å². The summed E-state index contributed by atoms with van der Waals surface area (Å²) >= 11 is 2.19. The summed E-state index contributed by atoms with van der Waals surface area (Å²) in [4.78, 5) is 8.67. The molecule has 0 saturated carbocycles. The molecule has 0 aromatic carbocycles. The van der Waals surface area contributed by atoms with E-state index in [4.69, 9.17) is 4.74 Å². The maximum Gasteiger partial charge on any atom is 0.319 e. The van der Waals surface area contributed by atoms with E-state index in [0.29, 0.717) is 6.01 Å². The van der Waals surface area contributed by atoms with Crippen LogP contribution >= 0.6 is 22.6 Å². The number of rotatable bonds is 1. The quantitative estimate of drug-likeness (QED) is 0.750. The summed E-state index contributed by atoms with van der Waals surface area (Å²) in [5.41, 5.74) is 0.706. The van der Waals surface area contributed by atoms with Gasteiger partial charge < -0.3 is 4.74 Å². The maximum atomic E-state index is 5.15. The molecule has 0 atom stereocenters. The molecule has 0 amide bonds. The van der Waals surface area contributed by atoms with Gasteiger partial charge in [0.25, 0.3) is 0 Å². The second-order valence-electron chi connectivity index (χ2n) is 4.51. The van der Waals surface area contributed by atoms with Crippen LogP contribution in [0.15, 0.2) is 6.20 Å². The second kappa shape index (κ2) is 3.83. The summed E-state index contributed by atoms with van der Waals surface area (Å²) in [5.74, 6) is 0.789. The van der Waals surface area contributed by atoms with Gasteiger partial charge in [-0.1, -0.05) is 20.8 Å². The van der Waals surface area contributed by atoms with Gasteiger partial charge >= 0.3 is 6.01 Å². The summed E-state index contributed by atoms with van der Waals surface area (Å²) in [7, 11) is 1.58. The third-order valence-electron chi connectivity index (χ3n) is 2.14. The van der Waals surface area contributed by atoms with Crippen molar-refractivity contribution in [2.24, 2.45) is 0 Å². The average Bonchev–Trinajstić information content (AvgIpc) is 2.63. The van der Waals surface area contributed by atoms with Crippen LogP contribution in [0.3, 0.4) is 0 Å². The summed E-state index contributed by atoms with van der Waals surface area (Å²) in [6.45, 7) is 6.23. The normalized spacial score (nSPS) is 12.1. The molecule has 6 heteroatoms. The number of hydrogen-bond donors (Lipinski definition) is 0. The highest BCUT2D eigenvalue weighted by molar-refractivity contribution is 14.1. The minimum atomic E-state index is -0.0832. The Bertz CT molecular complexity index is 529. The Morgan fingerprint density at radius 3 is 2.62 bits per heavy atom. The summed E-state index contributed by atoms with van der Waals surface area (Å²) in [6, 6.07) is 0.457. The number of methoxy groups -OCH3 is 1. The largest absolute Gasteiger partial charge is 0.467 e. The van der Waals surface area contributed by atoms with Crippen molar-refractivity contribution in [3.63, 3.8) is 0 Å². The lowest BCUT2D eigenvalue weighted by atomic mass is 9.96. The molecule has 0 aliphatic carbocycles. The number of aromatic nitrogens is 4. The zero-order valence-electron chi connectivity index (χ0n) is 9.65. The molecule has 2 rings (SSSR count). The molecule has 0 N–H and O–H groups in total. The highest BCUT2D eigenvalue weighted by Gasteiger charge is 2.22. The highest BCUT2D eigenvalue weighted by Crippen LogP contribution is 2.22. The van der Waals surface area contributed by atoms with Gasteiger partial charge in [-0.05, 0) is 22.6 Å². The molecule has 2 heterocycles. The Morgan fingerprint density at radius 1 is 1.38 bits per heavy atom. The molecule has 16 heavy (non-hydrogen) atoms. The lowest BCUT2D eigenvalue weighted by Gasteiger charge is -2.11. The number of ether oxygens (including phenoxy) is 1. The molecule has 0 saturated heterocycles. The van der Waals surface area contributed by atoms with Gasteiger partial charge in [0, 0.05) is 11.6 Å². The van der Waals surface area contributed by atoms with Gasteiger partial charge in [0.15, 0.2) is 11.5 Å². The van der Waals surface area contributed by atoms with E-state index in [1.54, 1.807) is 17.8 Å². The summed E-state index contributed by atoms with van der Waals surface area (Å²) in [5, 5.41) is 4.43. The van der Waals surface area contributed by atoms with Crippen LogP contribution in [-0.2, 0) is 5.41 Å². The fourth-order valence-electron chi connectivity index (χ4n) is 1.28. The average molecular weight is 332 g/mol. The molecule has 86 valence electrons. The van der Waals surface area contributed by atoms with Gasteiger partial charge in [-0.25, -0.2) is 9.97 Å². The SMILES string of the molecule is COc1ncc(I)c2nc(C(C)(C)C)nn12. The summed E-state index contributed by atoms with van der Waals surface area (Å²) in [6.07, 6.45) is 1.73. The molecule has 0 aliphatic rings. The lowest BCUT2D eigenvalue weighted by Crippen LogP contribution is -2.13. The van der Waals surface area contributed by atoms with Crippen molar-refractivity contribution in [1.29, 1.82) is 0 Å². The number of halogens is 1. The van der Waals surface area contributed by atoms with Gasteiger partial charge in [0.1, 0.15) is 0 Å². The highest BCUT2D eigenvalue weighted by atomic mass is 127. The Kier molecular flexibility index (Phi) is 2.77. The molecular weight excluding hydrogens is 319 g/mol. The molecule has 0 spiro atoms. The zero-order valence-corrected chi connectivity index (χ0v) is 11.8. The smallest absolute Gasteiger partial charge is 0.319 e. The molecular formula is C10H13IN4O. The van der Waals surface area contributed by atoms with Crippen molar-refractivity contribution in [1.82, 2.24) is 19.6 Å². The van der Waals surface area contributed by atoms with E-state index in [1.165, 1.54) is 0 Å². The Balaban J connectivity index is 2.73. The van der Waals surface area contributed by atoms with Gasteiger partial charge in [-0.15, -0.1) is 5.10 Å². The van der Waals surface area contributed by atoms with Crippen molar-refractivity contribution in [2.45, 2.75) is 26.2 Å². The molecule has 0 bridgehead atoms. The van der Waals surface area contributed by atoms with E-state index in [0.717, 1.165) is 15.0 Å². The molecule has 2 aromatic heterocycles. The van der Waals surface area contributed by atoms with Crippen molar-refractivity contribution >= 4 is 28.2 Å². The van der Waals surface area contributed by atoms with Crippen LogP contribution in [0.4, 0.5) is 0 Å². The van der Waals surface area contributed by atoms with E-state index < -0.39 is 0 Å². The van der Waals surface area contributed by atoms with E-state index in [1.807, 2.05) is 0 Å². The van der Waals surface area contributed by atoms with Gasteiger partial charge in [-0.2, -0.15) is 4.52 Å². The Labute approximate surface area is 107 Å². The first-order valence-corrected chi connectivity index (χ1v) is 5.97. The molecule has 0 radical (unpaired) electrons. The predicted molar refractivity (Wildman–Crippen MR) is 68.8 cm³/mol. The first kappa shape index (κ1) is 11.6. The fraction of sp³-hybridized carbons (Fsp3) is 0.500. The molecule has 5 nitrogen and oxygen atoms in total. The summed E-state index contributed by atoms with van der Waals surface area (Å²) < 4.78 is 7.76. The molecule has 2 aromatic rings. The third-order valence-corrected chi connectivity index (χ3v) is 2.90. The third kappa shape index (κ3) is 1.85. The van der Waals surface area contributed by atoms with Crippen LogP contribution in [0.1, 0.15) is 26.6 Å². The van der Waals surface area contributed by atoms with Crippen LogP contribution in [0.25, 0.3) is 5.65 Å². The maximum absolute atomic E-state index is 5.15. The van der Waals surface area contributed by atoms with Gasteiger partial charge in [0.05, 0.1) is 10.7 Å². The van der Waals surface area contributed by atoms with Crippen LogP contribution in [0, 0.1) is 3.57 Å². The second-order valence-corrected chi connectivity index (χ2v) is 5.68. The topological polar surface area (TPSA) is 52.3 Å². The Morgan fingerprint density at radius 2 is 2.06 bits per heavy atom. The van der Waals surface area contributed by atoms with Crippen LogP contribution < -0.4 is 4.74 Å². The van der Waals surface area contributed by atoms with Crippen LogP contribution in [-0.4, -0.2) is 26.7 Å². The van der Waals surface area contributed by atoms with E-state index >= 15 is 0 Å². The fourth-order valence-corrected chi connectivity index (χ4v) is 1.77. The number of fused-ring (bicyclic) bond motifs is 1. The van der Waals surface area contributed by atoms with Crippen molar-refractivity contribution in [3.8, 4) is 6.01 Å². The van der Waals surface area contributed by atoms with Gasteiger partial charge in [0.2, 0.25) is 0 Å².